The van der Waals surface area contributed by atoms with E-state index in [1.54, 1.807) is 43.3 Å². The maximum Gasteiger partial charge on any atom is 0.325 e. The molecule has 2 N–H and O–H groups in total. The van der Waals surface area contributed by atoms with Crippen molar-refractivity contribution in [1.29, 1.82) is 0 Å². The number of para-hydroxylation sites is 1. The Balaban J connectivity index is 1.76. The topological polar surface area (TPSA) is 78.5 Å². The number of carbonyl (C=O) groups excluding carboxylic acids is 3. The van der Waals surface area contributed by atoms with Crippen LogP contribution in [0.4, 0.5) is 10.5 Å². The zero-order valence-corrected chi connectivity index (χ0v) is 16.7. The largest absolute Gasteiger partial charge is 0.325 e. The van der Waals surface area contributed by atoms with Gasteiger partial charge in [-0.25, -0.2) is 4.79 Å². The third kappa shape index (κ3) is 3.54. The van der Waals surface area contributed by atoms with Crippen LogP contribution in [0, 0.1) is 3.57 Å². The van der Waals surface area contributed by atoms with Crippen LogP contribution in [-0.4, -0.2) is 29.3 Å². The molecule has 0 bridgehead atoms. The summed E-state index contributed by atoms with van der Waals surface area (Å²) in [6, 6.07) is 13.3. The van der Waals surface area contributed by atoms with Gasteiger partial charge in [-0.05, 0) is 59.3 Å². The molecule has 8 heteroatoms. The molecule has 2 aromatic rings. The number of hydrogen-bond donors (Lipinski definition) is 2. The highest BCUT2D eigenvalue weighted by atomic mass is 127. The molecule has 0 aliphatic carbocycles. The van der Waals surface area contributed by atoms with Crippen molar-refractivity contribution in [2.24, 2.45) is 0 Å². The van der Waals surface area contributed by atoms with Crippen LogP contribution in [0.3, 0.4) is 0 Å². The van der Waals surface area contributed by atoms with Crippen LogP contribution in [0.25, 0.3) is 0 Å². The van der Waals surface area contributed by atoms with Crippen molar-refractivity contribution in [2.45, 2.75) is 12.5 Å². The third-order valence-corrected chi connectivity index (χ3v) is 5.34. The van der Waals surface area contributed by atoms with Gasteiger partial charge in [0.1, 0.15) is 12.1 Å². The number of imide groups is 1. The minimum absolute atomic E-state index is 0.362. The van der Waals surface area contributed by atoms with Crippen molar-refractivity contribution in [1.82, 2.24) is 10.2 Å². The Bertz CT molecular complexity index is 888. The Morgan fingerprint density at radius 3 is 2.50 bits per heavy atom. The summed E-state index contributed by atoms with van der Waals surface area (Å²) < 4.78 is 0.863. The van der Waals surface area contributed by atoms with Gasteiger partial charge in [-0.2, -0.15) is 0 Å². The number of anilines is 1. The van der Waals surface area contributed by atoms with E-state index in [-0.39, 0.29) is 6.54 Å². The van der Waals surface area contributed by atoms with Crippen molar-refractivity contribution in [3.8, 4) is 0 Å². The molecule has 1 atom stereocenters. The van der Waals surface area contributed by atoms with Gasteiger partial charge in [0, 0.05) is 8.59 Å². The van der Waals surface area contributed by atoms with E-state index in [0.717, 1.165) is 8.47 Å². The maximum absolute atomic E-state index is 12.8. The molecule has 134 valence electrons. The Morgan fingerprint density at radius 2 is 1.85 bits per heavy atom. The number of halogens is 2. The van der Waals surface area contributed by atoms with Gasteiger partial charge in [-0.15, -0.1) is 0 Å². The minimum Gasteiger partial charge on any atom is -0.324 e. The molecule has 0 spiro atoms. The van der Waals surface area contributed by atoms with E-state index in [9.17, 15) is 14.4 Å². The van der Waals surface area contributed by atoms with E-state index in [4.69, 9.17) is 11.6 Å². The van der Waals surface area contributed by atoms with Gasteiger partial charge in [-0.1, -0.05) is 35.9 Å². The summed E-state index contributed by atoms with van der Waals surface area (Å²) in [7, 11) is 0. The van der Waals surface area contributed by atoms with E-state index in [1.165, 1.54) is 0 Å². The Labute approximate surface area is 169 Å². The molecule has 1 saturated heterocycles. The summed E-state index contributed by atoms with van der Waals surface area (Å²) in [5, 5.41) is 5.90. The quantitative estimate of drug-likeness (QED) is 0.517. The first-order valence-electron chi connectivity index (χ1n) is 7.76. The normalized spacial score (nSPS) is 19.4. The zero-order valence-electron chi connectivity index (χ0n) is 13.8. The first-order valence-corrected chi connectivity index (χ1v) is 9.21. The fourth-order valence-corrected chi connectivity index (χ4v) is 3.36. The summed E-state index contributed by atoms with van der Waals surface area (Å²) >= 11 is 7.98. The molecule has 0 radical (unpaired) electrons. The van der Waals surface area contributed by atoms with Crippen LogP contribution in [0.15, 0.2) is 48.5 Å². The first kappa shape index (κ1) is 18.7. The van der Waals surface area contributed by atoms with E-state index in [0.29, 0.717) is 16.3 Å². The van der Waals surface area contributed by atoms with Gasteiger partial charge < -0.3 is 10.6 Å². The molecule has 1 fully saturated rings. The second kappa shape index (κ2) is 7.24. The lowest BCUT2D eigenvalue weighted by molar-refractivity contribution is -0.133. The molecule has 3 rings (SSSR count). The Kier molecular flexibility index (Phi) is 5.19. The highest BCUT2D eigenvalue weighted by molar-refractivity contribution is 14.1. The summed E-state index contributed by atoms with van der Waals surface area (Å²) in [4.78, 5) is 38.3. The number of amides is 4. The fourth-order valence-electron chi connectivity index (χ4n) is 2.72. The van der Waals surface area contributed by atoms with Crippen molar-refractivity contribution >= 4 is 57.7 Å². The van der Waals surface area contributed by atoms with Crippen molar-refractivity contribution < 1.29 is 14.4 Å². The summed E-state index contributed by atoms with van der Waals surface area (Å²) in [5.41, 5.74) is -0.00488. The van der Waals surface area contributed by atoms with Gasteiger partial charge in [0.15, 0.2) is 0 Å². The Morgan fingerprint density at radius 1 is 1.19 bits per heavy atom. The average molecular weight is 484 g/mol. The standard InChI is InChI=1S/C18H15ClIN3O3/c1-18(11-6-8-12(19)9-7-11)16(25)23(17(26)22-18)10-15(24)21-14-5-3-2-4-13(14)20/h2-9H,10H2,1H3,(H,21,24)(H,22,26). The van der Waals surface area contributed by atoms with E-state index in [1.807, 2.05) is 12.1 Å². The number of rotatable bonds is 4. The molecular formula is C18H15ClIN3O3. The second-order valence-electron chi connectivity index (χ2n) is 5.98. The minimum atomic E-state index is -1.23. The first-order chi connectivity index (χ1) is 12.3. The third-order valence-electron chi connectivity index (χ3n) is 4.15. The van der Waals surface area contributed by atoms with Crippen LogP contribution < -0.4 is 10.6 Å². The van der Waals surface area contributed by atoms with Gasteiger partial charge in [-0.3, -0.25) is 14.5 Å². The number of nitrogens with zero attached hydrogens (tertiary/aromatic N) is 1. The number of urea groups is 1. The highest BCUT2D eigenvalue weighted by Crippen LogP contribution is 2.29. The predicted molar refractivity (Wildman–Crippen MR) is 107 cm³/mol. The zero-order chi connectivity index (χ0) is 18.9. The molecule has 1 aliphatic rings. The van der Waals surface area contributed by atoms with Crippen molar-refractivity contribution in [3.63, 3.8) is 0 Å². The molecule has 26 heavy (non-hydrogen) atoms. The molecular weight excluding hydrogens is 469 g/mol. The van der Waals surface area contributed by atoms with Crippen LogP contribution in [-0.2, 0) is 15.1 Å². The van der Waals surface area contributed by atoms with Gasteiger partial charge in [0.2, 0.25) is 5.91 Å². The van der Waals surface area contributed by atoms with Gasteiger partial charge in [0.05, 0.1) is 5.69 Å². The molecule has 1 unspecified atom stereocenters. The number of nitrogens with one attached hydrogen (secondary N) is 2. The van der Waals surface area contributed by atoms with Crippen LogP contribution in [0.2, 0.25) is 5.02 Å². The lowest BCUT2D eigenvalue weighted by Gasteiger charge is -2.22. The summed E-state index contributed by atoms with van der Waals surface area (Å²) in [6.45, 7) is 1.24. The van der Waals surface area contributed by atoms with Crippen LogP contribution in [0.5, 0.6) is 0 Å². The van der Waals surface area contributed by atoms with E-state index < -0.39 is 23.4 Å². The molecule has 6 nitrogen and oxygen atoms in total. The second-order valence-corrected chi connectivity index (χ2v) is 7.58. The maximum atomic E-state index is 12.8. The van der Waals surface area contributed by atoms with Crippen LogP contribution >= 0.6 is 34.2 Å². The van der Waals surface area contributed by atoms with Crippen molar-refractivity contribution in [3.05, 3.63) is 62.7 Å². The molecule has 2 aromatic carbocycles. The lowest BCUT2D eigenvalue weighted by atomic mass is 9.92. The molecule has 0 aromatic heterocycles. The SMILES string of the molecule is CC1(c2ccc(Cl)cc2)NC(=O)N(CC(=O)Nc2ccccc2I)C1=O. The predicted octanol–water partition coefficient (Wildman–Crippen LogP) is 3.35. The Hall–Kier alpha value is -2.13. The van der Waals surface area contributed by atoms with Gasteiger partial charge >= 0.3 is 6.03 Å². The summed E-state index contributed by atoms with van der Waals surface area (Å²) in [6.07, 6.45) is 0. The highest BCUT2D eigenvalue weighted by Gasteiger charge is 2.49. The average Bonchev–Trinajstić information content (AvgIpc) is 2.82. The monoisotopic (exact) mass is 483 g/mol. The van der Waals surface area contributed by atoms with E-state index in [2.05, 4.69) is 33.2 Å². The van der Waals surface area contributed by atoms with Gasteiger partial charge in [0.25, 0.3) is 5.91 Å². The van der Waals surface area contributed by atoms with E-state index >= 15 is 0 Å². The number of hydrogen-bond acceptors (Lipinski definition) is 3. The fraction of sp³-hybridized carbons (Fsp3) is 0.167. The van der Waals surface area contributed by atoms with Crippen LogP contribution in [0.1, 0.15) is 12.5 Å². The molecule has 1 aliphatic heterocycles. The van der Waals surface area contributed by atoms with Crippen molar-refractivity contribution in [2.75, 3.05) is 11.9 Å². The molecule has 0 saturated carbocycles. The number of carbonyl (C=O) groups is 3. The lowest BCUT2D eigenvalue weighted by Crippen LogP contribution is -2.42. The number of benzene rings is 2. The molecule has 4 amide bonds. The summed E-state index contributed by atoms with van der Waals surface area (Å²) in [5.74, 6) is -0.930. The molecule has 1 heterocycles. The smallest absolute Gasteiger partial charge is 0.324 e.